The van der Waals surface area contributed by atoms with Crippen LogP contribution in [0.5, 0.6) is 5.75 Å². The quantitative estimate of drug-likeness (QED) is 0.844. The molecule has 0 amide bonds. The van der Waals surface area contributed by atoms with Crippen molar-refractivity contribution in [2.75, 3.05) is 12.4 Å². The predicted molar refractivity (Wildman–Crippen MR) is 78.0 cm³/mol. The maximum Gasteiger partial charge on any atom is 0.209 e. The Morgan fingerprint density at radius 2 is 1.89 bits per heavy atom. The molecule has 5 heteroatoms. The van der Waals surface area contributed by atoms with E-state index in [1.807, 2.05) is 19.1 Å². The molecule has 0 heterocycles. The summed E-state index contributed by atoms with van der Waals surface area (Å²) in [6.45, 7) is 8.76. The highest BCUT2D eigenvalue weighted by atomic mass is 32.2. The maximum absolute atomic E-state index is 10.8. The molecule has 108 valence electrons. The molecule has 0 aliphatic rings. The summed E-state index contributed by atoms with van der Waals surface area (Å²) in [6, 6.07) is 6.03. The van der Waals surface area contributed by atoms with Crippen molar-refractivity contribution >= 4 is 10.0 Å². The number of primary sulfonamides is 1. The molecule has 0 aliphatic heterocycles. The van der Waals surface area contributed by atoms with Gasteiger partial charge in [-0.15, -0.1) is 0 Å². The van der Waals surface area contributed by atoms with E-state index in [2.05, 4.69) is 26.8 Å². The number of rotatable bonds is 5. The van der Waals surface area contributed by atoms with E-state index in [1.54, 1.807) is 0 Å². The van der Waals surface area contributed by atoms with Crippen molar-refractivity contribution in [1.82, 2.24) is 0 Å². The fourth-order valence-corrected chi connectivity index (χ4v) is 2.32. The Balaban J connectivity index is 2.73. The second-order valence-corrected chi connectivity index (χ2v) is 7.55. The Bertz CT molecular complexity index is 530. The minimum atomic E-state index is -3.40. The first kappa shape index (κ1) is 16.0. The van der Waals surface area contributed by atoms with Crippen molar-refractivity contribution in [3.63, 3.8) is 0 Å². The van der Waals surface area contributed by atoms with Gasteiger partial charge >= 0.3 is 0 Å². The normalized spacial score (nSPS) is 12.5. The molecule has 0 saturated heterocycles. The standard InChI is InChI=1S/C14H23NO3S/c1-11-6-7-13(12(10-11)14(2,3)4)18-8-5-9-19(15,16)17/h6-7,10H,5,8-9H2,1-4H3,(H2,15,16,17). The summed E-state index contributed by atoms with van der Waals surface area (Å²) in [4.78, 5) is 0. The fraction of sp³-hybridized carbons (Fsp3) is 0.571. The Morgan fingerprint density at radius 3 is 2.42 bits per heavy atom. The van der Waals surface area contributed by atoms with Crippen LogP contribution in [0.15, 0.2) is 18.2 Å². The van der Waals surface area contributed by atoms with Crippen LogP contribution < -0.4 is 9.88 Å². The summed E-state index contributed by atoms with van der Waals surface area (Å²) in [5.74, 6) is 0.761. The summed E-state index contributed by atoms with van der Waals surface area (Å²) < 4.78 is 27.4. The lowest BCUT2D eigenvalue weighted by atomic mass is 9.85. The molecule has 0 atom stereocenters. The Labute approximate surface area is 116 Å². The zero-order valence-corrected chi connectivity index (χ0v) is 12.9. The molecule has 1 aromatic rings. The topological polar surface area (TPSA) is 69.4 Å². The van der Waals surface area contributed by atoms with E-state index in [-0.39, 0.29) is 11.2 Å². The van der Waals surface area contributed by atoms with Gasteiger partial charge < -0.3 is 4.74 Å². The molecule has 19 heavy (non-hydrogen) atoms. The number of aryl methyl sites for hydroxylation is 1. The van der Waals surface area contributed by atoms with Gasteiger partial charge in [-0.25, -0.2) is 13.6 Å². The van der Waals surface area contributed by atoms with Crippen molar-refractivity contribution in [3.8, 4) is 5.75 Å². The van der Waals surface area contributed by atoms with Gasteiger partial charge in [0.15, 0.2) is 0 Å². The smallest absolute Gasteiger partial charge is 0.209 e. The average Bonchev–Trinajstić information content (AvgIpc) is 2.23. The predicted octanol–water partition coefficient (Wildman–Crippen LogP) is 2.35. The van der Waals surface area contributed by atoms with Gasteiger partial charge in [0.05, 0.1) is 12.4 Å². The summed E-state index contributed by atoms with van der Waals surface area (Å²) in [7, 11) is -3.40. The molecular formula is C14H23NO3S. The molecule has 1 aromatic carbocycles. The molecule has 0 bridgehead atoms. The van der Waals surface area contributed by atoms with E-state index >= 15 is 0 Å². The van der Waals surface area contributed by atoms with Crippen molar-refractivity contribution in [1.29, 1.82) is 0 Å². The second-order valence-electron chi connectivity index (χ2n) is 5.82. The zero-order valence-electron chi connectivity index (χ0n) is 12.1. The summed E-state index contributed by atoms with van der Waals surface area (Å²) >= 11 is 0. The lowest BCUT2D eigenvalue weighted by Crippen LogP contribution is -2.19. The molecule has 0 fully saturated rings. The third-order valence-electron chi connectivity index (χ3n) is 2.77. The van der Waals surface area contributed by atoms with Gasteiger partial charge in [-0.05, 0) is 30.4 Å². The van der Waals surface area contributed by atoms with Crippen molar-refractivity contribution in [3.05, 3.63) is 29.3 Å². The van der Waals surface area contributed by atoms with Crippen LogP contribution in [-0.2, 0) is 15.4 Å². The number of benzene rings is 1. The highest BCUT2D eigenvalue weighted by Gasteiger charge is 2.19. The van der Waals surface area contributed by atoms with E-state index in [1.165, 1.54) is 5.56 Å². The van der Waals surface area contributed by atoms with Crippen LogP contribution in [0.25, 0.3) is 0 Å². The second kappa shape index (κ2) is 5.92. The van der Waals surface area contributed by atoms with Crippen LogP contribution in [-0.4, -0.2) is 20.8 Å². The van der Waals surface area contributed by atoms with Gasteiger partial charge in [0.2, 0.25) is 10.0 Å². The highest BCUT2D eigenvalue weighted by molar-refractivity contribution is 7.89. The van der Waals surface area contributed by atoms with Crippen LogP contribution >= 0.6 is 0 Å². The fourth-order valence-electron chi connectivity index (χ4n) is 1.80. The lowest BCUT2D eigenvalue weighted by Gasteiger charge is -2.23. The monoisotopic (exact) mass is 285 g/mol. The van der Waals surface area contributed by atoms with Gasteiger partial charge in [0.25, 0.3) is 0 Å². The largest absolute Gasteiger partial charge is 0.493 e. The molecular weight excluding hydrogens is 262 g/mol. The van der Waals surface area contributed by atoms with E-state index < -0.39 is 10.0 Å². The molecule has 0 spiro atoms. The van der Waals surface area contributed by atoms with Crippen LogP contribution in [0, 0.1) is 6.92 Å². The number of hydrogen-bond acceptors (Lipinski definition) is 3. The third kappa shape index (κ3) is 5.61. The van der Waals surface area contributed by atoms with Crippen LogP contribution in [0.1, 0.15) is 38.3 Å². The highest BCUT2D eigenvalue weighted by Crippen LogP contribution is 2.32. The molecule has 0 saturated carbocycles. The van der Waals surface area contributed by atoms with E-state index in [9.17, 15) is 8.42 Å². The van der Waals surface area contributed by atoms with Gasteiger partial charge in [-0.2, -0.15) is 0 Å². The van der Waals surface area contributed by atoms with Crippen LogP contribution in [0.4, 0.5) is 0 Å². The van der Waals surface area contributed by atoms with E-state index in [4.69, 9.17) is 9.88 Å². The number of ether oxygens (including phenoxy) is 1. The maximum atomic E-state index is 10.8. The number of hydrogen-bond donors (Lipinski definition) is 1. The Hall–Kier alpha value is -1.07. The van der Waals surface area contributed by atoms with Gasteiger partial charge in [-0.3, -0.25) is 0 Å². The van der Waals surface area contributed by atoms with E-state index in [0.29, 0.717) is 13.0 Å². The minimum Gasteiger partial charge on any atom is -0.493 e. The molecule has 0 radical (unpaired) electrons. The number of nitrogens with two attached hydrogens (primary N) is 1. The SMILES string of the molecule is Cc1ccc(OCCCS(N)(=O)=O)c(C(C)(C)C)c1. The molecule has 0 aliphatic carbocycles. The molecule has 0 aromatic heterocycles. The van der Waals surface area contributed by atoms with Gasteiger partial charge in [0, 0.05) is 0 Å². The first-order valence-corrected chi connectivity index (χ1v) is 8.05. The van der Waals surface area contributed by atoms with Gasteiger partial charge in [-0.1, -0.05) is 38.5 Å². The van der Waals surface area contributed by atoms with Crippen LogP contribution in [0.2, 0.25) is 0 Å². The summed E-state index contributed by atoms with van der Waals surface area (Å²) in [6.07, 6.45) is 0.399. The first-order chi connectivity index (χ1) is 8.59. The summed E-state index contributed by atoms with van der Waals surface area (Å²) in [5.41, 5.74) is 2.30. The lowest BCUT2D eigenvalue weighted by molar-refractivity contribution is 0.309. The van der Waals surface area contributed by atoms with Gasteiger partial charge in [0.1, 0.15) is 5.75 Å². The Kier molecular flexibility index (Phi) is 4.98. The van der Waals surface area contributed by atoms with Crippen molar-refractivity contribution < 1.29 is 13.2 Å². The molecule has 1 rings (SSSR count). The third-order valence-corrected chi connectivity index (χ3v) is 3.63. The minimum absolute atomic E-state index is 0.0126. The van der Waals surface area contributed by atoms with Crippen molar-refractivity contribution in [2.24, 2.45) is 5.14 Å². The van der Waals surface area contributed by atoms with Crippen LogP contribution in [0.3, 0.4) is 0 Å². The molecule has 2 N–H and O–H groups in total. The average molecular weight is 285 g/mol. The van der Waals surface area contributed by atoms with Crippen molar-refractivity contribution in [2.45, 2.75) is 39.5 Å². The molecule has 0 unspecified atom stereocenters. The number of sulfonamides is 1. The summed E-state index contributed by atoms with van der Waals surface area (Å²) in [5, 5.41) is 4.95. The Morgan fingerprint density at radius 1 is 1.26 bits per heavy atom. The first-order valence-electron chi connectivity index (χ1n) is 6.34. The van der Waals surface area contributed by atoms with E-state index in [0.717, 1.165) is 11.3 Å². The molecule has 4 nitrogen and oxygen atoms in total. The zero-order chi connectivity index (χ0) is 14.7.